The second kappa shape index (κ2) is 9.27. The van der Waals surface area contributed by atoms with Gasteiger partial charge >= 0.3 is 6.09 Å². The Labute approximate surface area is 190 Å². The summed E-state index contributed by atoms with van der Waals surface area (Å²) in [5, 5.41) is 16.3. The number of carbonyl (C=O) groups is 2. The maximum Gasteiger partial charge on any atom is 0.407 e. The highest BCUT2D eigenvalue weighted by Gasteiger charge is 2.30. The number of ether oxygens (including phenoxy) is 1. The van der Waals surface area contributed by atoms with Gasteiger partial charge in [-0.25, -0.2) is 9.78 Å². The maximum atomic E-state index is 13.0. The van der Waals surface area contributed by atoms with Crippen molar-refractivity contribution < 1.29 is 14.3 Å². The van der Waals surface area contributed by atoms with Gasteiger partial charge in [0, 0.05) is 48.7 Å². The molecular formula is C23H25N7O3. The highest BCUT2D eigenvalue weighted by molar-refractivity contribution is 5.99. The van der Waals surface area contributed by atoms with Crippen molar-refractivity contribution in [1.29, 1.82) is 0 Å². The number of aromatic amines is 1. The Morgan fingerprint density at radius 2 is 1.82 bits per heavy atom. The first kappa shape index (κ1) is 20.9. The molecule has 3 aromatic heterocycles. The summed E-state index contributed by atoms with van der Waals surface area (Å²) >= 11 is 0. The zero-order chi connectivity index (χ0) is 22.6. The fourth-order valence-corrected chi connectivity index (χ4v) is 4.29. The Morgan fingerprint density at radius 3 is 2.70 bits per heavy atom. The summed E-state index contributed by atoms with van der Waals surface area (Å²) in [5.41, 5.74) is 2.83. The van der Waals surface area contributed by atoms with E-state index in [4.69, 9.17) is 4.74 Å². The van der Waals surface area contributed by atoms with Crippen molar-refractivity contribution in [2.45, 2.75) is 37.7 Å². The summed E-state index contributed by atoms with van der Waals surface area (Å²) in [5.74, 6) is 1.09. The Hall–Kier alpha value is -3.95. The molecule has 33 heavy (non-hydrogen) atoms. The number of rotatable bonds is 1. The lowest BCUT2D eigenvalue weighted by molar-refractivity contribution is 0.0949. The molecule has 10 nitrogen and oxygen atoms in total. The molecule has 4 heterocycles. The molecule has 10 heteroatoms. The van der Waals surface area contributed by atoms with E-state index in [0.717, 1.165) is 30.5 Å². The van der Waals surface area contributed by atoms with Gasteiger partial charge in [0.2, 0.25) is 0 Å². The van der Waals surface area contributed by atoms with E-state index in [2.05, 4.69) is 36.1 Å². The van der Waals surface area contributed by atoms with Crippen LogP contribution in [0.3, 0.4) is 0 Å². The molecule has 2 amide bonds. The third-order valence-corrected chi connectivity index (χ3v) is 5.96. The van der Waals surface area contributed by atoms with E-state index in [0.29, 0.717) is 42.4 Å². The summed E-state index contributed by atoms with van der Waals surface area (Å²) in [4.78, 5) is 33.8. The Balaban J connectivity index is 1.45. The topological polar surface area (TPSA) is 134 Å². The summed E-state index contributed by atoms with van der Waals surface area (Å²) in [6, 6.07) is 9.31. The first-order valence-corrected chi connectivity index (χ1v) is 11.1. The standard InChI is InChI=1S/C23H25N7O3/c31-22-21-17(14-6-10-24-11-7-14)4-5-19(28-21)27-20-13-18(29-30-20)15-2-3-16(12-15)33-23(32)26-9-1-8-25-22/h4-7,10-11,13,15-16H,1-3,8-9,12H2,(H,25,31)(H,26,32)(H2,27,28,29,30)/t15-,16+/m0/s1. The van der Waals surface area contributed by atoms with E-state index >= 15 is 0 Å². The molecule has 0 unspecified atom stereocenters. The number of H-pyrrole nitrogens is 1. The van der Waals surface area contributed by atoms with E-state index in [1.54, 1.807) is 12.4 Å². The monoisotopic (exact) mass is 447 g/mol. The molecule has 5 rings (SSSR count). The van der Waals surface area contributed by atoms with Crippen LogP contribution in [0.4, 0.5) is 16.4 Å². The van der Waals surface area contributed by atoms with Crippen LogP contribution in [0.25, 0.3) is 11.1 Å². The predicted molar refractivity (Wildman–Crippen MR) is 121 cm³/mol. The van der Waals surface area contributed by atoms with Gasteiger partial charge in [-0.05, 0) is 55.5 Å². The average Bonchev–Trinajstić information content (AvgIpc) is 3.48. The Kier molecular flexibility index (Phi) is 5.88. The fraction of sp³-hybridized carbons (Fsp3) is 0.348. The highest BCUT2D eigenvalue weighted by Crippen LogP contribution is 2.36. The number of nitrogens with zero attached hydrogens (tertiary/aromatic N) is 3. The zero-order valence-corrected chi connectivity index (χ0v) is 18.0. The van der Waals surface area contributed by atoms with Gasteiger partial charge < -0.3 is 20.7 Å². The van der Waals surface area contributed by atoms with Crippen LogP contribution in [0, 0.1) is 0 Å². The normalized spacial score (nSPS) is 21.1. The number of fused-ring (bicyclic) bond motifs is 7. The van der Waals surface area contributed by atoms with E-state index in [9.17, 15) is 9.59 Å². The second-order valence-corrected chi connectivity index (χ2v) is 8.24. The molecule has 1 aliphatic carbocycles. The van der Waals surface area contributed by atoms with Gasteiger partial charge in [0.05, 0.1) is 0 Å². The predicted octanol–water partition coefficient (Wildman–Crippen LogP) is 3.11. The van der Waals surface area contributed by atoms with Crippen LogP contribution in [0.2, 0.25) is 0 Å². The fourth-order valence-electron chi connectivity index (χ4n) is 4.29. The number of nitrogens with one attached hydrogen (secondary N) is 4. The van der Waals surface area contributed by atoms with Crippen LogP contribution in [-0.4, -0.2) is 51.4 Å². The van der Waals surface area contributed by atoms with Crippen molar-refractivity contribution in [3.63, 3.8) is 0 Å². The minimum absolute atomic E-state index is 0.113. The van der Waals surface area contributed by atoms with Gasteiger partial charge in [-0.2, -0.15) is 5.10 Å². The van der Waals surface area contributed by atoms with Crippen molar-refractivity contribution in [3.05, 3.63) is 54.1 Å². The molecule has 170 valence electrons. The number of carbonyl (C=O) groups excluding carboxylic acids is 2. The second-order valence-electron chi connectivity index (χ2n) is 8.24. The van der Waals surface area contributed by atoms with Gasteiger partial charge in [-0.3, -0.25) is 14.9 Å². The molecule has 1 saturated carbocycles. The lowest BCUT2D eigenvalue weighted by atomic mass is 10.0. The van der Waals surface area contributed by atoms with E-state index in [-0.39, 0.29) is 17.9 Å². The molecule has 0 spiro atoms. The smallest absolute Gasteiger partial charge is 0.407 e. The van der Waals surface area contributed by atoms with Crippen molar-refractivity contribution in [3.8, 4) is 11.1 Å². The van der Waals surface area contributed by atoms with Crippen molar-refractivity contribution in [2.75, 3.05) is 18.4 Å². The summed E-state index contributed by atoms with van der Waals surface area (Å²) in [7, 11) is 0. The first-order valence-electron chi connectivity index (χ1n) is 11.1. The van der Waals surface area contributed by atoms with Crippen LogP contribution < -0.4 is 16.0 Å². The summed E-state index contributed by atoms with van der Waals surface area (Å²) in [6.45, 7) is 0.799. The van der Waals surface area contributed by atoms with Gasteiger partial charge in [-0.1, -0.05) is 0 Å². The average molecular weight is 447 g/mol. The molecule has 0 radical (unpaired) electrons. The minimum atomic E-state index is -0.422. The quantitative estimate of drug-likeness (QED) is 0.450. The van der Waals surface area contributed by atoms with Crippen molar-refractivity contribution >= 4 is 23.6 Å². The lowest BCUT2D eigenvalue weighted by Crippen LogP contribution is -2.32. The highest BCUT2D eigenvalue weighted by atomic mass is 16.6. The van der Waals surface area contributed by atoms with Gasteiger partial charge in [0.15, 0.2) is 5.82 Å². The first-order chi connectivity index (χ1) is 16.2. The molecule has 4 N–H and O–H groups in total. The molecular weight excluding hydrogens is 422 g/mol. The Morgan fingerprint density at radius 1 is 0.970 bits per heavy atom. The third kappa shape index (κ3) is 4.79. The van der Waals surface area contributed by atoms with E-state index in [1.165, 1.54) is 0 Å². The minimum Gasteiger partial charge on any atom is -0.446 e. The number of anilines is 2. The summed E-state index contributed by atoms with van der Waals surface area (Å²) in [6.07, 6.45) is 5.89. The van der Waals surface area contributed by atoms with E-state index in [1.807, 2.05) is 30.3 Å². The number of amides is 2. The molecule has 3 aromatic rings. The molecule has 2 aliphatic rings. The molecule has 1 fully saturated rings. The van der Waals surface area contributed by atoms with Gasteiger partial charge in [-0.15, -0.1) is 0 Å². The number of hydrogen-bond donors (Lipinski definition) is 4. The summed E-state index contributed by atoms with van der Waals surface area (Å²) < 4.78 is 5.55. The number of hydrogen-bond acceptors (Lipinski definition) is 7. The SMILES string of the molecule is O=C1NCCCNC(=O)c2nc(ccc2-c2ccncc2)Nc2cc([nH]n2)[C@H]2CC[C@H](C2)O1. The van der Waals surface area contributed by atoms with Crippen molar-refractivity contribution in [2.24, 2.45) is 0 Å². The van der Waals surface area contributed by atoms with Gasteiger partial charge in [0.25, 0.3) is 5.91 Å². The van der Waals surface area contributed by atoms with Gasteiger partial charge in [0.1, 0.15) is 17.6 Å². The number of alkyl carbamates (subject to hydrolysis) is 1. The zero-order valence-electron chi connectivity index (χ0n) is 18.0. The van der Waals surface area contributed by atoms with Crippen LogP contribution in [0.1, 0.15) is 47.8 Å². The Bertz CT molecular complexity index is 1150. The van der Waals surface area contributed by atoms with Crippen LogP contribution in [0.5, 0.6) is 0 Å². The lowest BCUT2D eigenvalue weighted by Gasteiger charge is -2.14. The van der Waals surface area contributed by atoms with Crippen LogP contribution in [0.15, 0.2) is 42.7 Å². The maximum absolute atomic E-state index is 13.0. The largest absolute Gasteiger partial charge is 0.446 e. The third-order valence-electron chi connectivity index (χ3n) is 5.96. The molecule has 0 saturated heterocycles. The molecule has 0 aromatic carbocycles. The molecule has 6 bridgehead atoms. The van der Waals surface area contributed by atoms with Crippen LogP contribution >= 0.6 is 0 Å². The number of pyridine rings is 2. The van der Waals surface area contributed by atoms with E-state index < -0.39 is 6.09 Å². The van der Waals surface area contributed by atoms with Crippen LogP contribution in [-0.2, 0) is 4.74 Å². The molecule has 2 atom stereocenters. The molecule has 1 aliphatic heterocycles. The van der Waals surface area contributed by atoms with Crippen molar-refractivity contribution in [1.82, 2.24) is 30.8 Å². The number of aromatic nitrogens is 4.